The van der Waals surface area contributed by atoms with Crippen LogP contribution in [0.5, 0.6) is 5.75 Å². The minimum absolute atomic E-state index is 0.180. The summed E-state index contributed by atoms with van der Waals surface area (Å²) in [4.78, 5) is 16.5. The van der Waals surface area contributed by atoms with Crippen LogP contribution in [0.2, 0.25) is 0 Å². The number of nitrogens with zero attached hydrogens (tertiary/aromatic N) is 1. The van der Waals surface area contributed by atoms with Crippen molar-refractivity contribution in [1.29, 1.82) is 0 Å². The topological polar surface area (TPSA) is 38.7 Å². The van der Waals surface area contributed by atoms with Crippen LogP contribution in [0.25, 0.3) is 5.57 Å². The van der Waals surface area contributed by atoms with Gasteiger partial charge in [-0.3, -0.25) is 9.79 Å². The average molecular weight is 267 g/mol. The molecule has 0 radical (unpaired) electrons. The number of hydrogen-bond acceptors (Lipinski definition) is 3. The number of ketones is 1. The van der Waals surface area contributed by atoms with E-state index in [1.54, 1.807) is 0 Å². The standard InChI is InChI=1S/C17H17NO2/c1-3-20-14-5-4-13-8-17(19)16(15(13)9-14)7-12-6-11(2)18-10-12/h4-5,7,9-10H,3,6,8H2,1-2H3/b16-7-. The molecule has 1 aliphatic heterocycles. The second-order valence-electron chi connectivity index (χ2n) is 5.16. The lowest BCUT2D eigenvalue weighted by Gasteiger charge is -2.06. The Morgan fingerprint density at radius 1 is 1.35 bits per heavy atom. The van der Waals surface area contributed by atoms with E-state index in [2.05, 4.69) is 4.99 Å². The fraction of sp³-hybridized carbons (Fsp3) is 0.294. The van der Waals surface area contributed by atoms with Gasteiger partial charge in [-0.15, -0.1) is 0 Å². The first-order chi connectivity index (χ1) is 9.67. The maximum Gasteiger partial charge on any atom is 0.167 e. The van der Waals surface area contributed by atoms with Gasteiger partial charge >= 0.3 is 0 Å². The van der Waals surface area contributed by atoms with Gasteiger partial charge in [0.15, 0.2) is 5.78 Å². The normalized spacial score (nSPS) is 19.1. The number of hydrogen-bond donors (Lipinski definition) is 0. The molecule has 1 heterocycles. The van der Waals surface area contributed by atoms with E-state index in [9.17, 15) is 4.79 Å². The van der Waals surface area contributed by atoms with Crippen molar-refractivity contribution in [2.24, 2.45) is 4.99 Å². The number of fused-ring (bicyclic) bond motifs is 1. The molecule has 0 bridgehead atoms. The first-order valence-corrected chi connectivity index (χ1v) is 6.90. The van der Waals surface area contributed by atoms with Crippen molar-refractivity contribution in [2.75, 3.05) is 6.61 Å². The number of carbonyl (C=O) groups excluding carboxylic acids is 1. The minimum atomic E-state index is 0.180. The van der Waals surface area contributed by atoms with E-state index in [0.717, 1.165) is 40.2 Å². The van der Waals surface area contributed by atoms with Crippen molar-refractivity contribution in [3.63, 3.8) is 0 Å². The van der Waals surface area contributed by atoms with Gasteiger partial charge in [0.25, 0.3) is 0 Å². The van der Waals surface area contributed by atoms with Gasteiger partial charge in [0.05, 0.1) is 6.61 Å². The Morgan fingerprint density at radius 2 is 2.20 bits per heavy atom. The van der Waals surface area contributed by atoms with Crippen molar-refractivity contribution in [1.82, 2.24) is 0 Å². The third-order valence-electron chi connectivity index (χ3n) is 3.57. The number of allylic oxidation sites excluding steroid dienone is 3. The summed E-state index contributed by atoms with van der Waals surface area (Å²) in [6.45, 7) is 4.59. The van der Waals surface area contributed by atoms with Gasteiger partial charge < -0.3 is 4.74 Å². The molecule has 20 heavy (non-hydrogen) atoms. The van der Waals surface area contributed by atoms with Crippen LogP contribution >= 0.6 is 0 Å². The molecule has 0 aromatic heterocycles. The molecule has 0 amide bonds. The Kier molecular flexibility index (Phi) is 3.26. The summed E-state index contributed by atoms with van der Waals surface area (Å²) in [5.41, 5.74) is 5.07. The van der Waals surface area contributed by atoms with Crippen molar-refractivity contribution >= 4 is 17.1 Å². The minimum Gasteiger partial charge on any atom is -0.494 e. The largest absolute Gasteiger partial charge is 0.494 e. The average Bonchev–Trinajstić information content (AvgIpc) is 2.96. The highest BCUT2D eigenvalue weighted by molar-refractivity contribution is 6.26. The van der Waals surface area contributed by atoms with E-state index in [-0.39, 0.29) is 5.78 Å². The van der Waals surface area contributed by atoms with Crippen LogP contribution < -0.4 is 4.74 Å². The molecule has 102 valence electrons. The molecule has 1 aliphatic carbocycles. The fourth-order valence-electron chi connectivity index (χ4n) is 2.65. The molecular formula is C17H17NO2. The summed E-state index contributed by atoms with van der Waals surface area (Å²) in [6, 6.07) is 5.89. The predicted octanol–water partition coefficient (Wildman–Crippen LogP) is 3.34. The van der Waals surface area contributed by atoms with Gasteiger partial charge in [-0.25, -0.2) is 0 Å². The van der Waals surface area contributed by atoms with E-state index in [1.165, 1.54) is 0 Å². The SMILES string of the molecule is CCOc1ccc2c(c1)/C(=C/C1=CN=C(C)C1)C(=O)C2. The molecule has 1 aromatic carbocycles. The van der Waals surface area contributed by atoms with E-state index in [1.807, 2.05) is 44.3 Å². The lowest BCUT2D eigenvalue weighted by Crippen LogP contribution is -1.95. The van der Waals surface area contributed by atoms with Crippen LogP contribution in [-0.2, 0) is 11.2 Å². The Bertz CT molecular complexity index is 666. The van der Waals surface area contributed by atoms with Crippen molar-refractivity contribution in [3.8, 4) is 5.75 Å². The second kappa shape index (κ2) is 5.08. The molecule has 1 aromatic rings. The van der Waals surface area contributed by atoms with E-state index >= 15 is 0 Å². The monoisotopic (exact) mass is 267 g/mol. The Hall–Kier alpha value is -2.16. The smallest absolute Gasteiger partial charge is 0.167 e. The zero-order valence-electron chi connectivity index (χ0n) is 11.8. The first-order valence-electron chi connectivity index (χ1n) is 6.90. The highest BCUT2D eigenvalue weighted by Crippen LogP contribution is 2.34. The van der Waals surface area contributed by atoms with Crippen LogP contribution in [0, 0.1) is 0 Å². The first kappa shape index (κ1) is 12.9. The summed E-state index contributed by atoms with van der Waals surface area (Å²) in [7, 11) is 0. The molecule has 3 rings (SSSR count). The highest BCUT2D eigenvalue weighted by atomic mass is 16.5. The zero-order chi connectivity index (χ0) is 14.1. The second-order valence-corrected chi connectivity index (χ2v) is 5.16. The van der Waals surface area contributed by atoms with E-state index in [0.29, 0.717) is 13.0 Å². The predicted molar refractivity (Wildman–Crippen MR) is 80.1 cm³/mol. The third kappa shape index (κ3) is 2.31. The molecule has 2 aliphatic rings. The maximum absolute atomic E-state index is 12.2. The number of aliphatic imine (C=N–C) groups is 1. The lowest BCUT2D eigenvalue weighted by atomic mass is 10.0. The molecular weight excluding hydrogens is 250 g/mol. The molecule has 0 saturated heterocycles. The molecule has 0 spiro atoms. The Labute approximate surface area is 118 Å². The molecule has 0 fully saturated rings. The number of Topliss-reactive ketones (excluding diaryl/α,β-unsaturated/α-hetero) is 1. The van der Waals surface area contributed by atoms with Crippen LogP contribution in [0.15, 0.2) is 41.0 Å². The Morgan fingerprint density at radius 3 is 2.90 bits per heavy atom. The zero-order valence-corrected chi connectivity index (χ0v) is 11.8. The van der Waals surface area contributed by atoms with Gasteiger partial charge in [-0.2, -0.15) is 0 Å². The van der Waals surface area contributed by atoms with Gasteiger partial charge in [0.2, 0.25) is 0 Å². The molecule has 0 N–H and O–H groups in total. The molecule has 0 atom stereocenters. The van der Waals surface area contributed by atoms with Crippen LogP contribution in [-0.4, -0.2) is 18.1 Å². The van der Waals surface area contributed by atoms with Crippen LogP contribution in [0.3, 0.4) is 0 Å². The highest BCUT2D eigenvalue weighted by Gasteiger charge is 2.25. The van der Waals surface area contributed by atoms with E-state index < -0.39 is 0 Å². The van der Waals surface area contributed by atoms with Gasteiger partial charge in [0, 0.05) is 30.3 Å². The summed E-state index contributed by atoms with van der Waals surface area (Å²) >= 11 is 0. The Balaban J connectivity index is 1.96. The molecule has 0 saturated carbocycles. The summed E-state index contributed by atoms with van der Waals surface area (Å²) in [5.74, 6) is 0.999. The van der Waals surface area contributed by atoms with Crippen molar-refractivity contribution < 1.29 is 9.53 Å². The van der Waals surface area contributed by atoms with Crippen LogP contribution in [0.4, 0.5) is 0 Å². The summed E-state index contributed by atoms with van der Waals surface area (Å²) in [6.07, 6.45) is 5.14. The molecule has 3 heteroatoms. The van der Waals surface area contributed by atoms with Gasteiger partial charge in [-0.05, 0) is 48.8 Å². The van der Waals surface area contributed by atoms with Crippen LogP contribution in [0.1, 0.15) is 31.4 Å². The molecule has 3 nitrogen and oxygen atoms in total. The van der Waals surface area contributed by atoms with E-state index in [4.69, 9.17) is 4.74 Å². The summed E-state index contributed by atoms with van der Waals surface area (Å²) in [5, 5.41) is 0. The van der Waals surface area contributed by atoms with Gasteiger partial charge in [0.1, 0.15) is 5.75 Å². The van der Waals surface area contributed by atoms with Gasteiger partial charge in [-0.1, -0.05) is 6.07 Å². The number of benzene rings is 1. The quantitative estimate of drug-likeness (QED) is 0.788. The third-order valence-corrected chi connectivity index (χ3v) is 3.57. The van der Waals surface area contributed by atoms with Crippen molar-refractivity contribution in [3.05, 3.63) is 47.2 Å². The number of carbonyl (C=O) groups is 1. The number of ether oxygens (including phenoxy) is 1. The fourth-order valence-corrected chi connectivity index (χ4v) is 2.65. The number of rotatable bonds is 3. The lowest BCUT2D eigenvalue weighted by molar-refractivity contribution is -0.112. The van der Waals surface area contributed by atoms with Crippen molar-refractivity contribution in [2.45, 2.75) is 26.7 Å². The summed E-state index contributed by atoms with van der Waals surface area (Å²) < 4.78 is 5.53. The molecule has 0 unspecified atom stereocenters. The maximum atomic E-state index is 12.2.